The molecule has 0 rings (SSSR count). The lowest BCUT2D eigenvalue weighted by molar-refractivity contribution is -0.139. The van der Waals surface area contributed by atoms with Crippen LogP contribution in [0.2, 0.25) is 0 Å². The highest BCUT2D eigenvalue weighted by Crippen LogP contribution is 1.95. The first-order valence-electron chi connectivity index (χ1n) is 5.00. The summed E-state index contributed by atoms with van der Waals surface area (Å²) in [5.41, 5.74) is 0. The Labute approximate surface area is 99.0 Å². The highest BCUT2D eigenvalue weighted by Gasteiger charge is 2.21. The molecular weight excluding hydrogens is 228 g/mol. The molecule has 0 heterocycles. The molecule has 0 bridgehead atoms. The fourth-order valence-electron chi connectivity index (χ4n) is 1.11. The van der Waals surface area contributed by atoms with Gasteiger partial charge in [0.2, 0.25) is 0 Å². The van der Waals surface area contributed by atoms with Crippen molar-refractivity contribution in [1.82, 2.24) is 10.2 Å². The Morgan fingerprint density at radius 3 is 2.18 bits per heavy atom. The van der Waals surface area contributed by atoms with Gasteiger partial charge in [0.25, 0.3) is 0 Å². The highest BCUT2D eigenvalue weighted by molar-refractivity contribution is 5.82. The molecule has 96 valence electrons. The van der Waals surface area contributed by atoms with Crippen LogP contribution in [0.3, 0.4) is 0 Å². The van der Waals surface area contributed by atoms with Gasteiger partial charge in [0, 0.05) is 19.5 Å². The standard InChI is InChI=1S/C10H16N2O5/c1-2-3-8(9(15)16)11-10(17)12(4-6-13)5-7-14/h1,8,13-14H,3-7H2,(H,11,17)(H,15,16). The van der Waals surface area contributed by atoms with Crippen LogP contribution in [0.5, 0.6) is 0 Å². The number of amides is 2. The predicted octanol–water partition coefficient (Wildman–Crippen LogP) is -1.54. The lowest BCUT2D eigenvalue weighted by atomic mass is 10.2. The molecule has 2 amide bonds. The highest BCUT2D eigenvalue weighted by atomic mass is 16.4. The van der Waals surface area contributed by atoms with E-state index in [0.717, 1.165) is 4.90 Å². The second-order valence-corrected chi connectivity index (χ2v) is 3.18. The molecule has 7 heteroatoms. The number of hydrogen-bond acceptors (Lipinski definition) is 4. The van der Waals surface area contributed by atoms with Crippen LogP contribution in [-0.4, -0.2) is 64.6 Å². The molecule has 7 nitrogen and oxygen atoms in total. The van der Waals surface area contributed by atoms with Gasteiger partial charge in [-0.25, -0.2) is 9.59 Å². The summed E-state index contributed by atoms with van der Waals surface area (Å²) in [6.07, 6.45) is 4.85. The maximum absolute atomic E-state index is 11.6. The van der Waals surface area contributed by atoms with Gasteiger partial charge in [0.05, 0.1) is 13.2 Å². The first-order chi connectivity index (χ1) is 8.06. The minimum absolute atomic E-state index is 0.00872. The van der Waals surface area contributed by atoms with Gasteiger partial charge in [-0.1, -0.05) is 0 Å². The zero-order valence-electron chi connectivity index (χ0n) is 9.30. The van der Waals surface area contributed by atoms with E-state index in [0.29, 0.717) is 0 Å². The van der Waals surface area contributed by atoms with E-state index in [2.05, 4.69) is 11.2 Å². The van der Waals surface area contributed by atoms with Gasteiger partial charge in [-0.15, -0.1) is 12.3 Å². The number of urea groups is 1. The molecule has 0 aliphatic heterocycles. The normalized spacial score (nSPS) is 11.4. The number of carbonyl (C=O) groups excluding carboxylic acids is 1. The van der Waals surface area contributed by atoms with Crippen molar-refractivity contribution >= 4 is 12.0 Å². The molecule has 0 saturated heterocycles. The van der Waals surface area contributed by atoms with Crippen LogP contribution < -0.4 is 5.32 Å². The van der Waals surface area contributed by atoms with Crippen LogP contribution in [0.15, 0.2) is 0 Å². The van der Waals surface area contributed by atoms with E-state index in [1.807, 2.05) is 0 Å². The molecule has 0 radical (unpaired) electrons. The summed E-state index contributed by atoms with van der Waals surface area (Å²) in [7, 11) is 0. The zero-order chi connectivity index (χ0) is 13.3. The van der Waals surface area contributed by atoms with Crippen LogP contribution in [0, 0.1) is 12.3 Å². The third-order valence-corrected chi connectivity index (χ3v) is 1.94. The Balaban J connectivity index is 4.45. The first kappa shape index (κ1) is 15.2. The summed E-state index contributed by atoms with van der Waals surface area (Å²) in [6, 6.07) is -1.86. The van der Waals surface area contributed by atoms with Crippen molar-refractivity contribution in [2.75, 3.05) is 26.3 Å². The number of nitrogens with one attached hydrogen (secondary N) is 1. The Morgan fingerprint density at radius 2 is 1.82 bits per heavy atom. The van der Waals surface area contributed by atoms with Gasteiger partial charge in [-0.2, -0.15) is 0 Å². The number of terminal acetylenes is 1. The van der Waals surface area contributed by atoms with E-state index in [1.165, 1.54) is 0 Å². The smallest absolute Gasteiger partial charge is 0.327 e. The summed E-state index contributed by atoms with van der Waals surface area (Å²) >= 11 is 0. The minimum Gasteiger partial charge on any atom is -0.480 e. The van der Waals surface area contributed by atoms with Crippen LogP contribution in [0.4, 0.5) is 4.79 Å². The van der Waals surface area contributed by atoms with Gasteiger partial charge in [-0.3, -0.25) is 0 Å². The number of rotatable bonds is 7. The number of carboxylic acids is 1. The Bertz CT molecular complexity index is 294. The Kier molecular flexibility index (Phi) is 7.50. The number of nitrogens with zero attached hydrogens (tertiary/aromatic N) is 1. The summed E-state index contributed by atoms with van der Waals surface area (Å²) in [4.78, 5) is 23.4. The fraction of sp³-hybridized carbons (Fsp3) is 0.600. The van der Waals surface area contributed by atoms with Crippen molar-refractivity contribution in [3.8, 4) is 12.3 Å². The number of carboxylic acid groups (broad SMARTS) is 1. The number of aliphatic hydroxyl groups is 2. The molecule has 0 aromatic carbocycles. The van der Waals surface area contributed by atoms with Gasteiger partial charge >= 0.3 is 12.0 Å². The Hall–Kier alpha value is -1.78. The van der Waals surface area contributed by atoms with Crippen LogP contribution >= 0.6 is 0 Å². The molecule has 0 saturated carbocycles. The second kappa shape index (κ2) is 8.38. The summed E-state index contributed by atoms with van der Waals surface area (Å²) in [6.45, 7) is -0.538. The van der Waals surface area contributed by atoms with E-state index in [-0.39, 0.29) is 32.7 Å². The van der Waals surface area contributed by atoms with Crippen molar-refractivity contribution < 1.29 is 24.9 Å². The number of carbonyl (C=O) groups is 2. The van der Waals surface area contributed by atoms with Crippen molar-refractivity contribution in [2.24, 2.45) is 0 Å². The Morgan fingerprint density at radius 1 is 1.29 bits per heavy atom. The third kappa shape index (κ3) is 5.75. The third-order valence-electron chi connectivity index (χ3n) is 1.94. The van der Waals surface area contributed by atoms with E-state index < -0.39 is 18.0 Å². The monoisotopic (exact) mass is 244 g/mol. The minimum atomic E-state index is -1.23. The van der Waals surface area contributed by atoms with E-state index >= 15 is 0 Å². The molecular formula is C10H16N2O5. The van der Waals surface area contributed by atoms with Gasteiger partial charge in [-0.05, 0) is 0 Å². The lowest BCUT2D eigenvalue weighted by Crippen LogP contribution is -2.49. The van der Waals surface area contributed by atoms with E-state index in [4.69, 9.17) is 21.7 Å². The van der Waals surface area contributed by atoms with Gasteiger partial charge in [0.1, 0.15) is 6.04 Å². The number of aliphatic hydroxyl groups excluding tert-OH is 2. The molecule has 0 spiro atoms. The van der Waals surface area contributed by atoms with E-state index in [9.17, 15) is 9.59 Å². The summed E-state index contributed by atoms with van der Waals surface area (Å²) in [5, 5.41) is 28.4. The van der Waals surface area contributed by atoms with Gasteiger partial charge < -0.3 is 25.5 Å². The molecule has 4 N–H and O–H groups in total. The summed E-state index contributed by atoms with van der Waals surface area (Å²) < 4.78 is 0. The SMILES string of the molecule is C#CCC(NC(=O)N(CCO)CCO)C(=O)O. The molecule has 0 aromatic rings. The first-order valence-corrected chi connectivity index (χ1v) is 5.00. The largest absolute Gasteiger partial charge is 0.480 e. The number of hydrogen-bond donors (Lipinski definition) is 4. The molecule has 0 aliphatic rings. The summed E-state index contributed by atoms with van der Waals surface area (Å²) in [5.74, 6) is 0.912. The second-order valence-electron chi connectivity index (χ2n) is 3.18. The van der Waals surface area contributed by atoms with Crippen molar-refractivity contribution in [2.45, 2.75) is 12.5 Å². The fourth-order valence-corrected chi connectivity index (χ4v) is 1.11. The zero-order valence-corrected chi connectivity index (χ0v) is 9.30. The molecule has 1 atom stereocenters. The topological polar surface area (TPSA) is 110 Å². The molecule has 0 aromatic heterocycles. The maximum atomic E-state index is 11.6. The van der Waals surface area contributed by atoms with Crippen molar-refractivity contribution in [3.05, 3.63) is 0 Å². The molecule has 17 heavy (non-hydrogen) atoms. The van der Waals surface area contributed by atoms with Crippen molar-refractivity contribution in [1.29, 1.82) is 0 Å². The van der Waals surface area contributed by atoms with Crippen molar-refractivity contribution in [3.63, 3.8) is 0 Å². The average molecular weight is 244 g/mol. The molecule has 0 fully saturated rings. The average Bonchev–Trinajstić information content (AvgIpc) is 2.28. The quantitative estimate of drug-likeness (QED) is 0.406. The van der Waals surface area contributed by atoms with Crippen LogP contribution in [0.1, 0.15) is 6.42 Å². The van der Waals surface area contributed by atoms with Gasteiger partial charge in [0.15, 0.2) is 0 Å². The molecule has 0 aliphatic carbocycles. The van der Waals surface area contributed by atoms with Crippen LogP contribution in [-0.2, 0) is 4.79 Å². The maximum Gasteiger partial charge on any atom is 0.327 e. The molecule has 1 unspecified atom stereocenters. The lowest BCUT2D eigenvalue weighted by Gasteiger charge is -2.23. The predicted molar refractivity (Wildman–Crippen MR) is 59.2 cm³/mol. The van der Waals surface area contributed by atoms with Crippen LogP contribution in [0.25, 0.3) is 0 Å². The number of aliphatic carboxylic acids is 1. The van der Waals surface area contributed by atoms with E-state index in [1.54, 1.807) is 0 Å².